The molecule has 226 valence electrons. The number of rotatable bonds is 5. The van der Waals surface area contributed by atoms with Gasteiger partial charge in [0, 0.05) is 12.3 Å². The molecular weight excluding hydrogens is 540 g/mol. The number of carboxylic acids is 4. The Morgan fingerprint density at radius 3 is 1.76 bits per heavy atom. The van der Waals surface area contributed by atoms with Crippen molar-refractivity contribution in [1.29, 1.82) is 0 Å². The van der Waals surface area contributed by atoms with Crippen molar-refractivity contribution in [2.45, 2.75) is 108 Å². The summed E-state index contributed by atoms with van der Waals surface area (Å²) in [5.41, 5.74) is 0.732. The van der Waals surface area contributed by atoms with Gasteiger partial charge < -0.3 is 39.4 Å². The lowest BCUT2D eigenvalue weighted by Crippen LogP contribution is -2.54. The zero-order chi connectivity index (χ0) is 29.7. The molecule has 0 aromatic rings. The largest absolute Gasteiger partial charge is 0.479 e. The minimum atomic E-state index is -1.57. The Bertz CT molecular complexity index is 1170. The molecule has 2 aliphatic heterocycles. The van der Waals surface area contributed by atoms with Crippen molar-refractivity contribution >= 4 is 23.9 Å². The van der Waals surface area contributed by atoms with Crippen molar-refractivity contribution in [3.8, 4) is 0 Å². The first-order chi connectivity index (χ1) is 19.1. The van der Waals surface area contributed by atoms with E-state index in [1.165, 1.54) is 0 Å². The maximum Gasteiger partial charge on any atom is 0.336 e. The van der Waals surface area contributed by atoms with E-state index in [4.69, 9.17) is 18.9 Å². The lowest BCUT2D eigenvalue weighted by Gasteiger charge is -2.59. The molecule has 2 saturated heterocycles. The van der Waals surface area contributed by atoms with Gasteiger partial charge >= 0.3 is 23.9 Å². The molecule has 5 fully saturated rings. The quantitative estimate of drug-likeness (QED) is 0.350. The van der Waals surface area contributed by atoms with Crippen LogP contribution in [0.25, 0.3) is 0 Å². The van der Waals surface area contributed by atoms with Gasteiger partial charge in [0.15, 0.2) is 36.0 Å². The minimum absolute atomic E-state index is 0.160. The highest BCUT2D eigenvalue weighted by molar-refractivity contribution is 5.85. The number of hydrogen-bond donors (Lipinski definition) is 4. The zero-order valence-corrected chi connectivity index (χ0v) is 23.4. The molecule has 1 spiro atoms. The summed E-state index contributed by atoms with van der Waals surface area (Å²) in [6, 6.07) is 0. The van der Waals surface area contributed by atoms with Gasteiger partial charge in [0.25, 0.3) is 0 Å². The molecule has 4 N–H and O–H groups in total. The van der Waals surface area contributed by atoms with E-state index in [-0.39, 0.29) is 16.7 Å². The average Bonchev–Trinajstić information content (AvgIpc) is 3.57. The van der Waals surface area contributed by atoms with E-state index in [9.17, 15) is 39.6 Å². The first-order valence-corrected chi connectivity index (χ1v) is 14.5. The maximum absolute atomic E-state index is 11.8. The van der Waals surface area contributed by atoms with Gasteiger partial charge in [-0.3, -0.25) is 0 Å². The third-order valence-corrected chi connectivity index (χ3v) is 11.7. The number of aliphatic carboxylic acids is 4. The van der Waals surface area contributed by atoms with Crippen molar-refractivity contribution in [2.75, 3.05) is 0 Å². The summed E-state index contributed by atoms with van der Waals surface area (Å²) in [5, 5.41) is 38.3. The molecule has 12 nitrogen and oxygen atoms in total. The lowest BCUT2D eigenvalue weighted by atomic mass is 9.46. The van der Waals surface area contributed by atoms with Crippen LogP contribution in [0.1, 0.15) is 72.1 Å². The van der Waals surface area contributed by atoms with Gasteiger partial charge in [-0.1, -0.05) is 19.4 Å². The van der Waals surface area contributed by atoms with Crippen molar-refractivity contribution in [3.05, 3.63) is 11.6 Å². The highest BCUT2D eigenvalue weighted by atomic mass is 16.8. The van der Waals surface area contributed by atoms with Crippen LogP contribution < -0.4 is 0 Å². The summed E-state index contributed by atoms with van der Waals surface area (Å²) >= 11 is 0. The molecular formula is C29H38O12. The lowest BCUT2D eigenvalue weighted by molar-refractivity contribution is -0.231. The first-order valence-electron chi connectivity index (χ1n) is 14.5. The third kappa shape index (κ3) is 4.08. The molecule has 6 rings (SSSR count). The Hall–Kier alpha value is -2.54. The second kappa shape index (κ2) is 9.23. The van der Waals surface area contributed by atoms with Crippen LogP contribution in [0.4, 0.5) is 0 Å². The smallest absolute Gasteiger partial charge is 0.336 e. The summed E-state index contributed by atoms with van der Waals surface area (Å²) in [5.74, 6) is -7.20. The fourth-order valence-corrected chi connectivity index (χ4v) is 9.85. The van der Waals surface area contributed by atoms with Gasteiger partial charge in [-0.05, 0) is 86.5 Å². The van der Waals surface area contributed by atoms with Gasteiger partial charge in [0.05, 0.1) is 0 Å². The molecule has 4 unspecified atom stereocenters. The van der Waals surface area contributed by atoms with Crippen molar-refractivity contribution < 1.29 is 58.6 Å². The van der Waals surface area contributed by atoms with Gasteiger partial charge in [-0.15, -0.1) is 0 Å². The Labute approximate surface area is 237 Å². The van der Waals surface area contributed by atoms with E-state index >= 15 is 0 Å². The topological polar surface area (TPSA) is 186 Å². The molecule has 0 aromatic carbocycles. The molecule has 4 aliphatic carbocycles. The molecule has 10 atom stereocenters. The Morgan fingerprint density at radius 1 is 0.683 bits per heavy atom. The van der Waals surface area contributed by atoms with Crippen molar-refractivity contribution in [3.63, 3.8) is 0 Å². The Morgan fingerprint density at radius 2 is 1.22 bits per heavy atom. The van der Waals surface area contributed by atoms with Crippen LogP contribution in [0, 0.1) is 34.5 Å². The fourth-order valence-electron chi connectivity index (χ4n) is 9.85. The highest BCUT2D eigenvalue weighted by Crippen LogP contribution is 2.69. The molecule has 0 aromatic heterocycles. The number of carbonyl (C=O) groups is 4. The number of allylic oxidation sites excluding steroid dienone is 1. The zero-order valence-electron chi connectivity index (χ0n) is 23.4. The number of carboxylic acid groups (broad SMARTS) is 4. The molecule has 2 heterocycles. The minimum Gasteiger partial charge on any atom is -0.479 e. The van der Waals surface area contributed by atoms with Crippen molar-refractivity contribution in [1.82, 2.24) is 0 Å². The van der Waals surface area contributed by atoms with Crippen LogP contribution >= 0.6 is 0 Å². The molecule has 6 aliphatic rings. The second-order valence-electron chi connectivity index (χ2n) is 13.5. The summed E-state index contributed by atoms with van der Waals surface area (Å²) in [4.78, 5) is 47.0. The number of ether oxygens (including phenoxy) is 4. The van der Waals surface area contributed by atoms with E-state index in [0.717, 1.165) is 44.1 Å². The predicted molar refractivity (Wildman–Crippen MR) is 136 cm³/mol. The molecule has 0 amide bonds. The van der Waals surface area contributed by atoms with Crippen LogP contribution in [0.15, 0.2) is 11.6 Å². The van der Waals surface area contributed by atoms with Crippen LogP contribution in [0.5, 0.6) is 0 Å². The number of hydrogen-bond acceptors (Lipinski definition) is 8. The second-order valence-corrected chi connectivity index (χ2v) is 13.5. The number of fused-ring (bicyclic) bond motifs is 5. The molecule has 41 heavy (non-hydrogen) atoms. The Kier molecular flexibility index (Phi) is 6.43. The van der Waals surface area contributed by atoms with Crippen LogP contribution in [-0.2, 0) is 38.1 Å². The van der Waals surface area contributed by atoms with E-state index in [1.54, 1.807) is 6.92 Å². The maximum atomic E-state index is 11.8. The van der Waals surface area contributed by atoms with E-state index in [2.05, 4.69) is 13.8 Å². The highest BCUT2D eigenvalue weighted by Gasteiger charge is 2.66. The summed E-state index contributed by atoms with van der Waals surface area (Å²) in [6.07, 6.45) is 1.70. The molecule has 12 heteroatoms. The van der Waals surface area contributed by atoms with Crippen LogP contribution in [0.2, 0.25) is 0 Å². The SMILES string of the molecule is CC1([C@H]2CC[C@H]3[C@@H]4CCC5=CC6(CC[C@]5(C)[C@H]4CC[C@]23C)OC(C(=O)O)C(C(=O)O)O6)OC(C(=O)O)C(C(=O)O)O1. The Balaban J connectivity index is 1.24. The monoisotopic (exact) mass is 578 g/mol. The fraction of sp³-hybridized carbons (Fsp3) is 0.793. The average molecular weight is 579 g/mol. The van der Waals surface area contributed by atoms with E-state index in [1.807, 2.05) is 6.08 Å². The van der Waals surface area contributed by atoms with Crippen molar-refractivity contribution in [2.24, 2.45) is 34.5 Å². The molecule has 0 radical (unpaired) electrons. The van der Waals surface area contributed by atoms with Gasteiger partial charge in [0.2, 0.25) is 0 Å². The van der Waals surface area contributed by atoms with Crippen LogP contribution in [-0.4, -0.2) is 80.3 Å². The van der Waals surface area contributed by atoms with Gasteiger partial charge in [0.1, 0.15) is 0 Å². The molecule has 0 bridgehead atoms. The summed E-state index contributed by atoms with van der Waals surface area (Å²) < 4.78 is 23.4. The summed E-state index contributed by atoms with van der Waals surface area (Å²) in [6.45, 7) is 6.15. The third-order valence-electron chi connectivity index (χ3n) is 11.7. The van der Waals surface area contributed by atoms with E-state index in [0.29, 0.717) is 30.6 Å². The van der Waals surface area contributed by atoms with Gasteiger partial charge in [-0.25, -0.2) is 19.2 Å². The normalized spacial score (nSPS) is 50.5. The van der Waals surface area contributed by atoms with E-state index < -0.39 is 59.9 Å². The predicted octanol–water partition coefficient (Wildman–Crippen LogP) is 2.88. The first kappa shape index (κ1) is 28.6. The van der Waals surface area contributed by atoms with Crippen LogP contribution in [0.3, 0.4) is 0 Å². The standard InChI is InChI=1S/C29H38O12/c1-26-10-11-29(40-20(24(34)35)21(41-29)25(36)37)12-13(26)4-5-14-15-6-7-17(27(15,2)9-8-16(14)26)28(3)38-18(22(30)31)19(39-28)23(32)33/h12,14-21H,4-11H2,1-3H3,(H,30,31)(H,32,33)(H,34,35)(H,36,37)/t14-,15-,16-,17-,18?,19?,20?,21?,26-,27-,28?,29?/m0/s1. The molecule has 3 saturated carbocycles. The summed E-state index contributed by atoms with van der Waals surface area (Å²) in [7, 11) is 0. The van der Waals surface area contributed by atoms with Gasteiger partial charge in [-0.2, -0.15) is 0 Å².